The molecule has 1 aliphatic heterocycles. The van der Waals surface area contributed by atoms with Gasteiger partial charge in [-0.05, 0) is 86.2 Å². The lowest BCUT2D eigenvalue weighted by molar-refractivity contribution is 0.412. The Morgan fingerprint density at radius 3 is 2.42 bits per heavy atom. The summed E-state index contributed by atoms with van der Waals surface area (Å²) in [5.74, 6) is 0.791. The molecule has 184 valence electrons. The number of aryl methyl sites for hydroxylation is 1. The van der Waals surface area contributed by atoms with Crippen LogP contribution >= 0.6 is 35.4 Å². The Balaban J connectivity index is 1.73. The van der Waals surface area contributed by atoms with E-state index in [1.807, 2.05) is 42.2 Å². The molecule has 2 aromatic carbocycles. The normalized spacial score (nSPS) is 17.4. The third-order valence-corrected chi connectivity index (χ3v) is 7.25. The number of phenolic OH excluding ortho intramolecular Hbond substituents is 1. The first-order valence-electron chi connectivity index (χ1n) is 11.3. The van der Waals surface area contributed by atoms with Crippen LogP contribution in [-0.4, -0.2) is 26.9 Å². The molecule has 0 radical (unpaired) electrons. The monoisotopic (exact) mass is 538 g/mol. The minimum Gasteiger partial charge on any atom is -0.506 e. The first kappa shape index (κ1) is 24.4. The fraction of sp³-hybridized carbons (Fsp3) is 0.185. The molecule has 0 saturated carbocycles. The van der Waals surface area contributed by atoms with Gasteiger partial charge in [-0.15, -0.1) is 0 Å². The van der Waals surface area contributed by atoms with Crippen molar-refractivity contribution in [1.29, 1.82) is 0 Å². The Morgan fingerprint density at radius 1 is 1.00 bits per heavy atom. The molecule has 0 aliphatic carbocycles. The van der Waals surface area contributed by atoms with E-state index >= 15 is 0 Å². The molecule has 0 spiro atoms. The predicted molar refractivity (Wildman–Crippen MR) is 148 cm³/mol. The van der Waals surface area contributed by atoms with Crippen molar-refractivity contribution in [2.45, 2.75) is 25.9 Å². The van der Waals surface area contributed by atoms with Gasteiger partial charge in [0.25, 0.3) is 0 Å². The van der Waals surface area contributed by atoms with Gasteiger partial charge in [-0.25, -0.2) is 0 Å². The van der Waals surface area contributed by atoms with Crippen LogP contribution in [0.3, 0.4) is 0 Å². The molecular formula is C27H24Cl2N4O2S. The number of phenols is 1. The number of nitrogens with zero attached hydrogens (tertiary/aromatic N) is 3. The van der Waals surface area contributed by atoms with Crippen molar-refractivity contribution in [2.24, 2.45) is 0 Å². The number of pyridine rings is 1. The smallest absolute Gasteiger partial charge is 0.174 e. The van der Waals surface area contributed by atoms with E-state index in [2.05, 4.69) is 27.9 Å². The van der Waals surface area contributed by atoms with Gasteiger partial charge in [0.2, 0.25) is 0 Å². The second-order valence-corrected chi connectivity index (χ2v) is 9.87. The molecule has 1 saturated heterocycles. The highest BCUT2D eigenvalue weighted by Crippen LogP contribution is 2.46. The van der Waals surface area contributed by atoms with Crippen molar-refractivity contribution in [2.75, 3.05) is 12.0 Å². The average Bonchev–Trinajstić information content (AvgIpc) is 3.36. The summed E-state index contributed by atoms with van der Waals surface area (Å²) in [4.78, 5) is 6.53. The number of methoxy groups -OCH3 is 1. The number of ether oxygens (including phenoxy) is 1. The Bertz CT molecular complexity index is 1460. The van der Waals surface area contributed by atoms with Crippen molar-refractivity contribution in [3.63, 3.8) is 0 Å². The molecule has 6 nitrogen and oxygen atoms in total. The third-order valence-electron chi connectivity index (χ3n) is 6.47. The zero-order chi connectivity index (χ0) is 25.6. The van der Waals surface area contributed by atoms with Gasteiger partial charge in [0.1, 0.15) is 11.5 Å². The van der Waals surface area contributed by atoms with Crippen molar-refractivity contribution < 1.29 is 9.84 Å². The number of halogens is 2. The number of benzene rings is 2. The van der Waals surface area contributed by atoms with Crippen LogP contribution in [0, 0.1) is 13.8 Å². The number of hydrogen-bond donors (Lipinski definition) is 2. The SMILES string of the molecule is COc1ccc(Cl)cc1-n1c(C)cc([C@H]2[C@@H](c3ccccn3)NC(=S)N2c2cc(Cl)ccc2O)c1C. The van der Waals surface area contributed by atoms with Gasteiger partial charge < -0.3 is 24.6 Å². The van der Waals surface area contributed by atoms with Gasteiger partial charge in [-0.3, -0.25) is 4.98 Å². The van der Waals surface area contributed by atoms with Gasteiger partial charge in [-0.2, -0.15) is 0 Å². The molecular weight excluding hydrogens is 515 g/mol. The predicted octanol–water partition coefficient (Wildman–Crippen LogP) is 6.69. The van der Waals surface area contributed by atoms with Crippen molar-refractivity contribution >= 4 is 46.2 Å². The van der Waals surface area contributed by atoms with Crippen LogP contribution in [0.2, 0.25) is 10.0 Å². The van der Waals surface area contributed by atoms with E-state index in [1.165, 1.54) is 0 Å². The molecule has 0 amide bonds. The van der Waals surface area contributed by atoms with Crippen LogP contribution < -0.4 is 15.0 Å². The van der Waals surface area contributed by atoms with E-state index in [0.29, 0.717) is 26.6 Å². The molecule has 4 aromatic rings. The third kappa shape index (κ3) is 4.17. The zero-order valence-electron chi connectivity index (χ0n) is 19.9. The van der Waals surface area contributed by atoms with E-state index in [-0.39, 0.29) is 17.8 Å². The molecule has 2 N–H and O–H groups in total. The largest absolute Gasteiger partial charge is 0.506 e. The summed E-state index contributed by atoms with van der Waals surface area (Å²) in [7, 11) is 1.64. The lowest BCUT2D eigenvalue weighted by Crippen LogP contribution is -2.29. The maximum atomic E-state index is 10.8. The van der Waals surface area contributed by atoms with Crippen molar-refractivity contribution in [1.82, 2.24) is 14.9 Å². The van der Waals surface area contributed by atoms with Crippen LogP contribution in [0.5, 0.6) is 11.5 Å². The summed E-state index contributed by atoms with van der Waals surface area (Å²) < 4.78 is 7.76. The summed E-state index contributed by atoms with van der Waals surface area (Å²) in [6, 6.07) is 17.8. The Labute approximate surface area is 225 Å². The molecule has 2 atom stereocenters. The number of aromatic hydroxyl groups is 1. The Kier molecular flexibility index (Phi) is 6.55. The maximum absolute atomic E-state index is 10.8. The molecule has 9 heteroatoms. The van der Waals surface area contributed by atoms with Crippen LogP contribution in [0.1, 0.15) is 34.7 Å². The topological polar surface area (TPSA) is 62.5 Å². The molecule has 0 bridgehead atoms. The molecule has 3 heterocycles. The maximum Gasteiger partial charge on any atom is 0.174 e. The molecule has 36 heavy (non-hydrogen) atoms. The summed E-state index contributed by atoms with van der Waals surface area (Å²) in [6.45, 7) is 4.09. The molecule has 5 rings (SSSR count). The number of nitrogens with one attached hydrogen (secondary N) is 1. The second kappa shape index (κ2) is 9.65. The Morgan fingerprint density at radius 2 is 1.72 bits per heavy atom. The molecule has 2 aromatic heterocycles. The fourth-order valence-corrected chi connectivity index (χ4v) is 5.59. The average molecular weight is 539 g/mol. The first-order chi connectivity index (χ1) is 17.3. The number of hydrogen-bond acceptors (Lipinski definition) is 4. The highest BCUT2D eigenvalue weighted by Gasteiger charge is 2.43. The van der Waals surface area contributed by atoms with Gasteiger partial charge in [0.15, 0.2) is 5.11 Å². The van der Waals surface area contributed by atoms with Gasteiger partial charge >= 0.3 is 0 Å². The number of aromatic nitrogens is 2. The van der Waals surface area contributed by atoms with Crippen molar-refractivity contribution in [3.05, 3.63) is 99.6 Å². The summed E-state index contributed by atoms with van der Waals surface area (Å²) in [5, 5.41) is 15.8. The zero-order valence-corrected chi connectivity index (χ0v) is 22.2. The van der Waals surface area contributed by atoms with Gasteiger partial charge in [-0.1, -0.05) is 29.3 Å². The van der Waals surface area contributed by atoms with Crippen LogP contribution in [0.4, 0.5) is 5.69 Å². The first-order valence-corrected chi connectivity index (χ1v) is 12.5. The van der Waals surface area contributed by atoms with E-state index in [9.17, 15) is 5.11 Å². The van der Waals surface area contributed by atoms with E-state index < -0.39 is 0 Å². The van der Waals surface area contributed by atoms with Crippen LogP contribution in [0.25, 0.3) is 5.69 Å². The highest BCUT2D eigenvalue weighted by atomic mass is 35.5. The van der Waals surface area contributed by atoms with E-state index in [1.54, 1.807) is 37.6 Å². The van der Waals surface area contributed by atoms with Crippen LogP contribution in [0.15, 0.2) is 66.9 Å². The summed E-state index contributed by atoms with van der Waals surface area (Å²) in [5.41, 5.74) is 5.18. The number of anilines is 1. The molecule has 1 fully saturated rings. The lowest BCUT2D eigenvalue weighted by atomic mass is 9.96. The minimum absolute atomic E-state index is 0.0838. The van der Waals surface area contributed by atoms with Crippen molar-refractivity contribution in [3.8, 4) is 17.2 Å². The van der Waals surface area contributed by atoms with Crippen LogP contribution in [-0.2, 0) is 0 Å². The van der Waals surface area contributed by atoms with Gasteiger partial charge in [0, 0.05) is 27.6 Å². The van der Waals surface area contributed by atoms with Gasteiger partial charge in [0.05, 0.1) is 36.3 Å². The lowest BCUT2D eigenvalue weighted by Gasteiger charge is -2.29. The minimum atomic E-state index is -0.318. The summed E-state index contributed by atoms with van der Waals surface area (Å²) >= 11 is 18.5. The quantitative estimate of drug-likeness (QED) is 0.276. The molecule has 1 aliphatic rings. The van der Waals surface area contributed by atoms with E-state index in [4.69, 9.17) is 40.2 Å². The fourth-order valence-electron chi connectivity index (χ4n) is 4.92. The second-order valence-electron chi connectivity index (χ2n) is 8.61. The number of rotatable bonds is 5. The number of thiocarbonyl (C=S) groups is 1. The standard InChI is InChI=1S/C27H24Cl2N4O2S/c1-15-12-19(16(2)32(15)22-14-18(29)8-10-24(22)35-3)26-25(20-6-4-5-11-30-20)31-27(36)33(26)21-13-17(28)7-9-23(21)34/h4-14,25-26,34H,1-3H3,(H,31,36)/t25-,26+/m1/s1. The summed E-state index contributed by atoms with van der Waals surface area (Å²) in [6.07, 6.45) is 1.76. The molecule has 0 unspecified atom stereocenters. The highest BCUT2D eigenvalue weighted by molar-refractivity contribution is 7.80. The van der Waals surface area contributed by atoms with E-state index in [0.717, 1.165) is 28.3 Å². The Hall–Kier alpha value is -3.26.